The van der Waals surface area contributed by atoms with Gasteiger partial charge in [-0.1, -0.05) is 109 Å². The highest BCUT2D eigenvalue weighted by atomic mass is 16.7. The fourth-order valence-electron chi connectivity index (χ4n) is 4.38. The molecule has 0 fully saturated rings. The van der Waals surface area contributed by atoms with Gasteiger partial charge in [0, 0.05) is 43.8 Å². The molecule has 198 valence electrons. The molecule has 0 aliphatic heterocycles. The summed E-state index contributed by atoms with van der Waals surface area (Å²) >= 11 is 0. The Bertz CT molecular complexity index is 1180. The molecule has 2 unspecified atom stereocenters. The average Bonchev–Trinajstić information content (AvgIpc) is 2.97. The zero-order valence-electron chi connectivity index (χ0n) is 22.3. The highest BCUT2D eigenvalue weighted by Crippen LogP contribution is 2.33. The van der Waals surface area contributed by atoms with Gasteiger partial charge in [0.2, 0.25) is 0 Å². The summed E-state index contributed by atoms with van der Waals surface area (Å²) in [6.07, 6.45) is 7.59. The van der Waals surface area contributed by atoms with Crippen molar-refractivity contribution in [2.24, 2.45) is 5.92 Å². The van der Waals surface area contributed by atoms with E-state index in [0.717, 1.165) is 11.1 Å². The van der Waals surface area contributed by atoms with Crippen LogP contribution in [0.4, 0.5) is 0 Å². The van der Waals surface area contributed by atoms with E-state index in [2.05, 4.69) is 0 Å². The summed E-state index contributed by atoms with van der Waals surface area (Å²) in [4.78, 5) is 24.7. The molecule has 1 aliphatic carbocycles. The SMILES string of the molecule is CCOC1(OCC)C=CC=CC1CC(=O)c1ccccc1.COC(C(=O)c1ccccc1)c1ccccc1. The lowest BCUT2D eigenvalue weighted by Gasteiger charge is -2.37. The van der Waals surface area contributed by atoms with Crippen LogP contribution in [0.1, 0.15) is 52.7 Å². The van der Waals surface area contributed by atoms with Gasteiger partial charge in [0.15, 0.2) is 17.4 Å². The summed E-state index contributed by atoms with van der Waals surface area (Å²) in [6, 6.07) is 28.1. The summed E-state index contributed by atoms with van der Waals surface area (Å²) < 4.78 is 17.0. The van der Waals surface area contributed by atoms with Gasteiger partial charge in [0.1, 0.15) is 6.10 Å². The summed E-state index contributed by atoms with van der Waals surface area (Å²) in [7, 11) is 1.55. The van der Waals surface area contributed by atoms with E-state index < -0.39 is 11.9 Å². The van der Waals surface area contributed by atoms with Gasteiger partial charge >= 0.3 is 0 Å². The highest BCUT2D eigenvalue weighted by Gasteiger charge is 2.39. The van der Waals surface area contributed by atoms with Crippen molar-refractivity contribution in [1.29, 1.82) is 0 Å². The van der Waals surface area contributed by atoms with E-state index in [1.165, 1.54) is 0 Å². The topological polar surface area (TPSA) is 61.8 Å². The molecule has 0 amide bonds. The van der Waals surface area contributed by atoms with Crippen LogP contribution in [0.2, 0.25) is 0 Å². The predicted octanol–water partition coefficient (Wildman–Crippen LogP) is 7.03. The minimum atomic E-state index is -0.831. The van der Waals surface area contributed by atoms with Gasteiger partial charge in [-0.05, 0) is 25.5 Å². The van der Waals surface area contributed by atoms with Gasteiger partial charge in [0.25, 0.3) is 0 Å². The van der Waals surface area contributed by atoms with Crippen LogP contribution in [-0.4, -0.2) is 37.7 Å². The van der Waals surface area contributed by atoms with Crippen LogP contribution in [0.15, 0.2) is 115 Å². The van der Waals surface area contributed by atoms with Crippen molar-refractivity contribution in [3.8, 4) is 0 Å². The van der Waals surface area contributed by atoms with Crippen LogP contribution in [0.25, 0.3) is 0 Å². The Morgan fingerprint density at radius 1 is 0.763 bits per heavy atom. The molecular formula is C33H36O5. The van der Waals surface area contributed by atoms with Crippen molar-refractivity contribution in [1.82, 2.24) is 0 Å². The fraction of sp³-hybridized carbons (Fsp3) is 0.273. The number of ether oxygens (including phenoxy) is 3. The maximum absolute atomic E-state index is 12.4. The van der Waals surface area contributed by atoms with Crippen LogP contribution >= 0.6 is 0 Å². The second kappa shape index (κ2) is 14.9. The molecule has 2 atom stereocenters. The first kappa shape index (κ1) is 28.9. The molecule has 3 aromatic carbocycles. The largest absolute Gasteiger partial charge is 0.369 e. The molecule has 5 nitrogen and oxygen atoms in total. The van der Waals surface area contributed by atoms with Gasteiger partial charge in [-0.25, -0.2) is 0 Å². The summed E-state index contributed by atoms with van der Waals surface area (Å²) in [5.41, 5.74) is 2.27. The highest BCUT2D eigenvalue weighted by molar-refractivity contribution is 6.00. The van der Waals surface area contributed by atoms with Crippen molar-refractivity contribution >= 4 is 11.6 Å². The molecular weight excluding hydrogens is 476 g/mol. The zero-order valence-corrected chi connectivity index (χ0v) is 22.3. The number of hydrogen-bond acceptors (Lipinski definition) is 5. The number of hydrogen-bond donors (Lipinski definition) is 0. The van der Waals surface area contributed by atoms with Gasteiger partial charge in [-0.3, -0.25) is 9.59 Å². The first-order valence-electron chi connectivity index (χ1n) is 12.9. The second-order valence-corrected chi connectivity index (χ2v) is 8.69. The van der Waals surface area contributed by atoms with Crippen LogP contribution in [-0.2, 0) is 14.2 Å². The Balaban J connectivity index is 0.000000215. The maximum Gasteiger partial charge on any atom is 0.196 e. The molecule has 1 aliphatic rings. The molecule has 0 heterocycles. The maximum atomic E-state index is 12.4. The molecule has 38 heavy (non-hydrogen) atoms. The second-order valence-electron chi connectivity index (χ2n) is 8.69. The third-order valence-electron chi connectivity index (χ3n) is 6.18. The zero-order chi connectivity index (χ0) is 27.2. The molecule has 0 bridgehead atoms. The Hall–Kier alpha value is -3.64. The smallest absolute Gasteiger partial charge is 0.196 e. The minimum Gasteiger partial charge on any atom is -0.369 e. The van der Waals surface area contributed by atoms with E-state index in [0.29, 0.717) is 25.2 Å². The average molecular weight is 513 g/mol. The van der Waals surface area contributed by atoms with Crippen LogP contribution in [0.3, 0.4) is 0 Å². The molecule has 3 aromatic rings. The fourth-order valence-corrected chi connectivity index (χ4v) is 4.38. The van der Waals surface area contributed by atoms with E-state index in [1.807, 2.05) is 117 Å². The van der Waals surface area contributed by atoms with Crippen molar-refractivity contribution in [3.63, 3.8) is 0 Å². The quantitative estimate of drug-likeness (QED) is 0.204. The van der Waals surface area contributed by atoms with Crippen LogP contribution < -0.4 is 0 Å². The Kier molecular flexibility index (Phi) is 11.4. The number of benzene rings is 3. The van der Waals surface area contributed by atoms with Crippen molar-refractivity contribution in [2.45, 2.75) is 32.2 Å². The molecule has 4 rings (SSSR count). The van der Waals surface area contributed by atoms with E-state index in [1.54, 1.807) is 19.2 Å². The Morgan fingerprint density at radius 3 is 1.82 bits per heavy atom. The lowest BCUT2D eigenvalue weighted by atomic mass is 9.87. The standard InChI is InChI=1S/C18H22O3.C15H14O2/c1-3-20-18(21-4-2)13-9-8-12-16(18)14-17(19)15-10-6-5-7-11-15;1-17-15(13-10-6-3-7-11-13)14(16)12-8-4-2-5-9-12/h5-13,16H,3-4,14H2,1-2H3;2-11,15H,1H3. The van der Waals surface area contributed by atoms with Crippen LogP contribution in [0.5, 0.6) is 0 Å². The molecule has 0 saturated heterocycles. The Morgan fingerprint density at radius 2 is 1.29 bits per heavy atom. The van der Waals surface area contributed by atoms with Gasteiger partial charge < -0.3 is 14.2 Å². The number of carbonyl (C=O) groups is 2. The van der Waals surface area contributed by atoms with Crippen molar-refractivity contribution in [3.05, 3.63) is 132 Å². The predicted molar refractivity (Wildman–Crippen MR) is 150 cm³/mol. The number of carbonyl (C=O) groups excluding carboxylic acids is 2. The third kappa shape index (κ3) is 7.68. The van der Waals surface area contributed by atoms with Gasteiger partial charge in [0.05, 0.1) is 0 Å². The van der Waals surface area contributed by atoms with E-state index >= 15 is 0 Å². The third-order valence-corrected chi connectivity index (χ3v) is 6.18. The van der Waals surface area contributed by atoms with Gasteiger partial charge in [-0.15, -0.1) is 0 Å². The van der Waals surface area contributed by atoms with Crippen LogP contribution in [0, 0.1) is 5.92 Å². The lowest BCUT2D eigenvalue weighted by Crippen LogP contribution is -2.43. The molecule has 0 saturated carbocycles. The first-order chi connectivity index (χ1) is 18.5. The van der Waals surface area contributed by atoms with Crippen molar-refractivity contribution in [2.75, 3.05) is 20.3 Å². The summed E-state index contributed by atoms with van der Waals surface area (Å²) in [6.45, 7) is 4.94. The minimum absolute atomic E-state index is 0.0145. The normalized spacial score (nSPS) is 16.2. The van der Waals surface area contributed by atoms with E-state index in [4.69, 9.17) is 14.2 Å². The summed E-state index contributed by atoms with van der Waals surface area (Å²) in [5.74, 6) is -0.860. The number of rotatable bonds is 11. The number of Topliss-reactive ketones (excluding diaryl/α,β-unsaturated/α-hetero) is 2. The molecule has 5 heteroatoms. The van der Waals surface area contributed by atoms with Gasteiger partial charge in [-0.2, -0.15) is 0 Å². The number of allylic oxidation sites excluding steroid dienone is 2. The Labute approximate surface area is 225 Å². The first-order valence-corrected chi connectivity index (χ1v) is 12.9. The molecule has 0 N–H and O–H groups in total. The van der Waals surface area contributed by atoms with E-state index in [-0.39, 0.29) is 17.5 Å². The van der Waals surface area contributed by atoms with E-state index in [9.17, 15) is 9.59 Å². The monoisotopic (exact) mass is 512 g/mol. The summed E-state index contributed by atoms with van der Waals surface area (Å²) in [5, 5.41) is 0. The molecule has 0 radical (unpaired) electrons. The number of methoxy groups -OCH3 is 1. The molecule has 0 spiro atoms. The number of ketones is 2. The molecule has 0 aromatic heterocycles. The van der Waals surface area contributed by atoms with Crippen molar-refractivity contribution < 1.29 is 23.8 Å². The lowest BCUT2D eigenvalue weighted by molar-refractivity contribution is -0.221.